The zero-order chi connectivity index (χ0) is 18.3. The second-order valence-electron chi connectivity index (χ2n) is 6.98. The Balaban J connectivity index is 1.42. The van der Waals surface area contributed by atoms with Gasteiger partial charge in [-0.2, -0.15) is 0 Å². The fraction of sp³-hybridized carbons (Fsp3) is 0.529. The van der Waals surface area contributed by atoms with E-state index in [-0.39, 0.29) is 23.3 Å². The zero-order valence-electron chi connectivity index (χ0n) is 14.4. The minimum Gasteiger partial charge on any atom is -0.370 e. The van der Waals surface area contributed by atoms with Gasteiger partial charge < -0.3 is 20.9 Å². The first-order valence-corrected chi connectivity index (χ1v) is 9.76. The lowest BCUT2D eigenvalue weighted by Crippen LogP contribution is -2.44. The number of guanidine groups is 1. The molecule has 1 aliphatic heterocycles. The number of likely N-dealkylation sites (tertiary alicyclic amines) is 1. The van der Waals surface area contributed by atoms with Gasteiger partial charge in [0.05, 0.1) is 5.39 Å². The third-order valence-electron chi connectivity index (χ3n) is 5.30. The van der Waals surface area contributed by atoms with E-state index in [1.54, 1.807) is 0 Å². The Labute approximate surface area is 154 Å². The van der Waals surface area contributed by atoms with Gasteiger partial charge in [-0.3, -0.25) is 15.0 Å². The van der Waals surface area contributed by atoms with Crippen LogP contribution in [-0.4, -0.2) is 46.4 Å². The van der Waals surface area contributed by atoms with Gasteiger partial charge >= 0.3 is 0 Å². The summed E-state index contributed by atoms with van der Waals surface area (Å²) in [4.78, 5) is 35.6. The molecular formula is C17H22N6O2S. The summed E-state index contributed by atoms with van der Waals surface area (Å²) < 4.78 is 0. The van der Waals surface area contributed by atoms with Gasteiger partial charge in [0.25, 0.3) is 11.5 Å². The van der Waals surface area contributed by atoms with Crippen molar-refractivity contribution >= 4 is 33.4 Å². The molecule has 26 heavy (non-hydrogen) atoms. The molecular weight excluding hydrogens is 352 g/mol. The second kappa shape index (κ2) is 6.71. The van der Waals surface area contributed by atoms with Gasteiger partial charge in [0.1, 0.15) is 4.83 Å². The molecule has 0 radical (unpaired) electrons. The molecule has 9 heteroatoms. The van der Waals surface area contributed by atoms with Gasteiger partial charge in [-0.05, 0) is 43.6 Å². The number of aryl methyl sites for hydroxylation is 2. The van der Waals surface area contributed by atoms with E-state index in [1.807, 2.05) is 4.90 Å². The number of fused-ring (bicyclic) bond motifs is 3. The molecule has 1 fully saturated rings. The Bertz CT molecular complexity index is 925. The van der Waals surface area contributed by atoms with Crippen LogP contribution >= 0.6 is 11.3 Å². The highest BCUT2D eigenvalue weighted by Gasteiger charge is 2.24. The van der Waals surface area contributed by atoms with E-state index in [1.165, 1.54) is 16.2 Å². The van der Waals surface area contributed by atoms with Crippen molar-refractivity contribution in [3.05, 3.63) is 26.6 Å². The predicted molar refractivity (Wildman–Crippen MR) is 101 cm³/mol. The highest BCUT2D eigenvalue weighted by molar-refractivity contribution is 7.18. The molecule has 138 valence electrons. The van der Waals surface area contributed by atoms with Crippen LogP contribution in [0.3, 0.4) is 0 Å². The smallest absolute Gasteiger partial charge is 0.287 e. The molecule has 0 aromatic carbocycles. The number of H-pyrrole nitrogens is 1. The van der Waals surface area contributed by atoms with Gasteiger partial charge in [-0.15, -0.1) is 11.3 Å². The van der Waals surface area contributed by atoms with Gasteiger partial charge in [0.15, 0.2) is 5.96 Å². The Morgan fingerprint density at radius 3 is 2.88 bits per heavy atom. The first-order valence-electron chi connectivity index (χ1n) is 8.94. The van der Waals surface area contributed by atoms with Crippen molar-refractivity contribution in [2.45, 2.75) is 32.1 Å². The minimum absolute atomic E-state index is 0.0867. The molecule has 1 aliphatic carbocycles. The van der Waals surface area contributed by atoms with E-state index in [9.17, 15) is 9.59 Å². The number of aromatic amines is 1. The van der Waals surface area contributed by atoms with E-state index >= 15 is 0 Å². The number of nitrogens with one attached hydrogen (secondary N) is 3. The Morgan fingerprint density at radius 2 is 2.15 bits per heavy atom. The lowest BCUT2D eigenvalue weighted by molar-refractivity contribution is 0.0931. The number of aromatic nitrogens is 2. The van der Waals surface area contributed by atoms with Crippen LogP contribution in [0.25, 0.3) is 10.2 Å². The molecule has 0 saturated carbocycles. The third-order valence-corrected chi connectivity index (χ3v) is 6.48. The molecule has 1 saturated heterocycles. The second-order valence-corrected chi connectivity index (χ2v) is 8.06. The zero-order valence-corrected chi connectivity index (χ0v) is 15.2. The normalized spacial score (nSPS) is 17.5. The van der Waals surface area contributed by atoms with E-state index < -0.39 is 0 Å². The van der Waals surface area contributed by atoms with Gasteiger partial charge in [-0.1, -0.05) is 0 Å². The number of carbonyl (C=O) groups excluding carboxylic acids is 1. The third kappa shape index (κ3) is 3.07. The fourth-order valence-corrected chi connectivity index (χ4v) is 5.07. The Kier molecular flexibility index (Phi) is 4.39. The monoisotopic (exact) mass is 374 g/mol. The van der Waals surface area contributed by atoms with E-state index in [4.69, 9.17) is 11.1 Å². The SMILES string of the molecule is N=C(N)N1CCC(CNC(=O)c2nc3sc4c(c3c(=O)[nH]2)CCC4)CC1. The van der Waals surface area contributed by atoms with E-state index in [0.717, 1.165) is 50.8 Å². The number of hydrogen-bond acceptors (Lipinski definition) is 5. The van der Waals surface area contributed by atoms with Crippen LogP contribution in [0.2, 0.25) is 0 Å². The van der Waals surface area contributed by atoms with E-state index in [0.29, 0.717) is 22.7 Å². The van der Waals surface area contributed by atoms with Crippen LogP contribution in [0, 0.1) is 11.3 Å². The van der Waals surface area contributed by atoms with Crippen LogP contribution in [0.15, 0.2) is 4.79 Å². The number of nitrogens with two attached hydrogens (primary N) is 1. The molecule has 5 N–H and O–H groups in total. The number of nitrogens with zero attached hydrogens (tertiary/aromatic N) is 2. The van der Waals surface area contributed by atoms with Gasteiger partial charge in [0.2, 0.25) is 5.82 Å². The topological polar surface area (TPSA) is 128 Å². The number of piperidine rings is 1. The lowest BCUT2D eigenvalue weighted by atomic mass is 9.97. The molecule has 4 rings (SSSR count). The first-order chi connectivity index (χ1) is 12.5. The molecule has 0 spiro atoms. The quantitative estimate of drug-likeness (QED) is 0.467. The summed E-state index contributed by atoms with van der Waals surface area (Å²) in [6.07, 6.45) is 4.75. The maximum Gasteiger partial charge on any atom is 0.287 e. The average Bonchev–Trinajstić information content (AvgIpc) is 3.20. The average molecular weight is 374 g/mol. The molecule has 0 atom stereocenters. The summed E-state index contributed by atoms with van der Waals surface area (Å²) in [6, 6.07) is 0. The number of hydrogen-bond donors (Lipinski definition) is 4. The van der Waals surface area contributed by atoms with Crippen LogP contribution in [0.5, 0.6) is 0 Å². The Hall–Kier alpha value is -2.42. The summed E-state index contributed by atoms with van der Waals surface area (Å²) in [7, 11) is 0. The standard InChI is InChI=1S/C17H22N6O2S/c18-17(19)23-6-4-9(5-7-23)8-20-15(25)13-21-14(24)12-10-2-1-3-11(10)26-16(12)22-13/h9H,1-8H2,(H3,18,19)(H,20,25)(H,21,22,24). The highest BCUT2D eigenvalue weighted by Crippen LogP contribution is 2.34. The Morgan fingerprint density at radius 1 is 1.38 bits per heavy atom. The predicted octanol–water partition coefficient (Wildman–Crippen LogP) is 0.809. The number of amides is 1. The van der Waals surface area contributed by atoms with Crippen LogP contribution in [0.1, 0.15) is 40.3 Å². The number of carbonyl (C=O) groups is 1. The largest absolute Gasteiger partial charge is 0.370 e. The van der Waals surface area contributed by atoms with Gasteiger partial charge in [0, 0.05) is 24.5 Å². The molecule has 0 unspecified atom stereocenters. The molecule has 2 aromatic heterocycles. The molecule has 3 heterocycles. The van der Waals surface area contributed by atoms with Crippen molar-refractivity contribution in [3.8, 4) is 0 Å². The first kappa shape index (κ1) is 17.0. The molecule has 1 amide bonds. The molecule has 0 bridgehead atoms. The molecule has 2 aliphatic rings. The summed E-state index contributed by atoms with van der Waals surface area (Å²) in [5.41, 5.74) is 6.40. The van der Waals surface area contributed by atoms with Crippen molar-refractivity contribution in [1.82, 2.24) is 20.2 Å². The van der Waals surface area contributed by atoms with Gasteiger partial charge in [-0.25, -0.2) is 4.98 Å². The van der Waals surface area contributed by atoms with Crippen LogP contribution < -0.4 is 16.6 Å². The maximum absolute atomic E-state index is 12.4. The van der Waals surface area contributed by atoms with Crippen LogP contribution in [0.4, 0.5) is 0 Å². The van der Waals surface area contributed by atoms with Crippen molar-refractivity contribution in [2.24, 2.45) is 11.7 Å². The molecule has 8 nitrogen and oxygen atoms in total. The lowest BCUT2D eigenvalue weighted by Gasteiger charge is -2.32. The van der Waals surface area contributed by atoms with Crippen molar-refractivity contribution in [2.75, 3.05) is 19.6 Å². The number of thiophene rings is 1. The van der Waals surface area contributed by atoms with Crippen molar-refractivity contribution in [1.29, 1.82) is 5.41 Å². The summed E-state index contributed by atoms with van der Waals surface area (Å²) in [5, 5.41) is 11.0. The number of rotatable bonds is 3. The van der Waals surface area contributed by atoms with Crippen molar-refractivity contribution < 1.29 is 4.79 Å². The van der Waals surface area contributed by atoms with Crippen molar-refractivity contribution in [3.63, 3.8) is 0 Å². The maximum atomic E-state index is 12.4. The summed E-state index contributed by atoms with van der Waals surface area (Å²) >= 11 is 1.53. The highest BCUT2D eigenvalue weighted by atomic mass is 32.1. The van der Waals surface area contributed by atoms with Crippen LogP contribution in [-0.2, 0) is 12.8 Å². The van der Waals surface area contributed by atoms with E-state index in [2.05, 4.69) is 15.3 Å². The summed E-state index contributed by atoms with van der Waals surface area (Å²) in [6.45, 7) is 2.00. The summed E-state index contributed by atoms with van der Waals surface area (Å²) in [5.74, 6) is 0.191. The molecule has 2 aromatic rings. The minimum atomic E-state index is -0.341. The fourth-order valence-electron chi connectivity index (χ4n) is 3.81.